The fourth-order valence-electron chi connectivity index (χ4n) is 1.81. The van der Waals surface area contributed by atoms with Gasteiger partial charge in [-0.05, 0) is 19.1 Å². The molecule has 2 rings (SSSR count). The molecule has 0 bridgehead atoms. The lowest BCUT2D eigenvalue weighted by Crippen LogP contribution is -2.29. The van der Waals surface area contributed by atoms with Gasteiger partial charge in [-0.25, -0.2) is 4.79 Å². The van der Waals surface area contributed by atoms with Gasteiger partial charge in [0.25, 0.3) is 0 Å². The molecule has 1 unspecified atom stereocenters. The molecule has 98 valence electrons. The number of carbonyl (C=O) groups is 1. The molecule has 0 aliphatic carbocycles. The van der Waals surface area contributed by atoms with Crippen LogP contribution in [0.3, 0.4) is 0 Å². The first-order valence-electron chi connectivity index (χ1n) is 5.72. The first-order chi connectivity index (χ1) is 8.49. The van der Waals surface area contributed by atoms with Gasteiger partial charge in [-0.1, -0.05) is 6.07 Å². The van der Waals surface area contributed by atoms with Crippen LogP contribution < -0.4 is 5.32 Å². The van der Waals surface area contributed by atoms with Gasteiger partial charge in [0.15, 0.2) is 0 Å². The zero-order valence-electron chi connectivity index (χ0n) is 9.90. The molecule has 1 aromatic rings. The maximum absolute atomic E-state index is 12.9. The number of nitrogens with one attached hydrogen (secondary N) is 1. The number of esters is 1. The van der Waals surface area contributed by atoms with E-state index in [4.69, 9.17) is 0 Å². The van der Waals surface area contributed by atoms with Crippen molar-refractivity contribution in [1.29, 1.82) is 0 Å². The Labute approximate surface area is 103 Å². The van der Waals surface area contributed by atoms with Gasteiger partial charge in [-0.15, -0.1) is 0 Å². The van der Waals surface area contributed by atoms with Gasteiger partial charge >= 0.3 is 11.9 Å². The minimum absolute atomic E-state index is 0.0841. The lowest BCUT2D eigenvalue weighted by Gasteiger charge is -2.15. The number of pyridine rings is 1. The zero-order chi connectivity index (χ0) is 13.2. The van der Waals surface area contributed by atoms with E-state index in [0.717, 1.165) is 5.69 Å². The summed E-state index contributed by atoms with van der Waals surface area (Å²) in [5.41, 5.74) is 0.814. The lowest BCUT2D eigenvalue weighted by atomic mass is 10.1. The van der Waals surface area contributed by atoms with Crippen molar-refractivity contribution < 1.29 is 18.3 Å². The van der Waals surface area contributed by atoms with Crippen molar-refractivity contribution in [3.8, 4) is 0 Å². The highest BCUT2D eigenvalue weighted by Crippen LogP contribution is 2.30. The lowest BCUT2D eigenvalue weighted by molar-refractivity contribution is -0.159. The fourth-order valence-corrected chi connectivity index (χ4v) is 1.81. The van der Waals surface area contributed by atoms with Crippen LogP contribution in [0.2, 0.25) is 0 Å². The Morgan fingerprint density at radius 1 is 1.61 bits per heavy atom. The van der Waals surface area contributed by atoms with Gasteiger partial charge < -0.3 is 10.1 Å². The second-order valence-corrected chi connectivity index (χ2v) is 4.32. The third-order valence-electron chi connectivity index (χ3n) is 2.84. The molecule has 1 fully saturated rings. The van der Waals surface area contributed by atoms with E-state index in [9.17, 15) is 13.6 Å². The quantitative estimate of drug-likeness (QED) is 0.833. The number of carbonyl (C=O) groups excluding carboxylic acids is 1. The topological polar surface area (TPSA) is 51.2 Å². The molecule has 1 saturated heterocycles. The standard InChI is InChI=1S/C12H14F2N2O2/c1-8(10-4-2-3-5-15-10)16-7-9-6-12(13,14)11(17)18-9/h2-5,8-9,16H,6-7H2,1H3/t8-,9?/m1/s1. The Morgan fingerprint density at radius 2 is 2.39 bits per heavy atom. The molecule has 2 heterocycles. The average molecular weight is 256 g/mol. The second kappa shape index (κ2) is 4.97. The van der Waals surface area contributed by atoms with E-state index in [1.807, 2.05) is 19.1 Å². The van der Waals surface area contributed by atoms with E-state index in [-0.39, 0.29) is 12.6 Å². The van der Waals surface area contributed by atoms with Crippen molar-refractivity contribution in [2.24, 2.45) is 0 Å². The summed E-state index contributed by atoms with van der Waals surface area (Å²) >= 11 is 0. The largest absolute Gasteiger partial charge is 0.456 e. The van der Waals surface area contributed by atoms with Crippen LogP contribution in [-0.4, -0.2) is 29.5 Å². The summed E-state index contributed by atoms with van der Waals surface area (Å²) in [6, 6.07) is 5.41. The monoisotopic (exact) mass is 256 g/mol. The zero-order valence-corrected chi connectivity index (χ0v) is 9.90. The molecule has 6 heteroatoms. The number of aromatic nitrogens is 1. The molecule has 1 N–H and O–H groups in total. The molecule has 1 aromatic heterocycles. The van der Waals surface area contributed by atoms with Crippen LogP contribution in [-0.2, 0) is 9.53 Å². The van der Waals surface area contributed by atoms with Gasteiger partial charge in [0.05, 0.1) is 12.1 Å². The van der Waals surface area contributed by atoms with Gasteiger partial charge in [-0.2, -0.15) is 8.78 Å². The summed E-state index contributed by atoms with van der Waals surface area (Å²) in [6.07, 6.45) is 0.323. The highest BCUT2D eigenvalue weighted by Gasteiger charge is 2.50. The van der Waals surface area contributed by atoms with Crippen LogP contribution in [0.5, 0.6) is 0 Å². The van der Waals surface area contributed by atoms with Crippen molar-refractivity contribution in [2.75, 3.05) is 6.54 Å². The minimum Gasteiger partial charge on any atom is -0.456 e. The number of hydrogen-bond acceptors (Lipinski definition) is 4. The van der Waals surface area contributed by atoms with E-state index in [0.29, 0.717) is 0 Å². The molecular formula is C12H14F2N2O2. The van der Waals surface area contributed by atoms with Crippen molar-refractivity contribution in [3.05, 3.63) is 30.1 Å². The van der Waals surface area contributed by atoms with Crippen molar-refractivity contribution in [3.63, 3.8) is 0 Å². The number of rotatable bonds is 4. The van der Waals surface area contributed by atoms with Crippen LogP contribution in [0.1, 0.15) is 25.1 Å². The summed E-state index contributed by atoms with van der Waals surface area (Å²) in [6.45, 7) is 2.07. The van der Waals surface area contributed by atoms with Crippen molar-refractivity contribution >= 4 is 5.97 Å². The van der Waals surface area contributed by atoms with Gasteiger partial charge in [0.2, 0.25) is 0 Å². The minimum atomic E-state index is -3.35. The molecule has 0 radical (unpaired) electrons. The Kier molecular flexibility index (Phi) is 3.56. The Morgan fingerprint density at radius 3 is 2.94 bits per heavy atom. The molecular weight excluding hydrogens is 242 g/mol. The van der Waals surface area contributed by atoms with Crippen LogP contribution in [0.25, 0.3) is 0 Å². The SMILES string of the molecule is C[C@@H](NCC1CC(F)(F)C(=O)O1)c1ccccn1. The highest BCUT2D eigenvalue weighted by molar-refractivity contribution is 5.79. The number of nitrogens with zero attached hydrogens (tertiary/aromatic N) is 1. The molecule has 0 amide bonds. The number of cyclic esters (lactones) is 1. The molecule has 0 aromatic carbocycles. The van der Waals surface area contributed by atoms with Crippen LogP contribution >= 0.6 is 0 Å². The summed E-state index contributed by atoms with van der Waals surface area (Å²) < 4.78 is 30.4. The maximum Gasteiger partial charge on any atom is 0.377 e. The van der Waals surface area contributed by atoms with E-state index < -0.39 is 24.4 Å². The van der Waals surface area contributed by atoms with E-state index in [1.54, 1.807) is 12.3 Å². The Balaban J connectivity index is 1.85. The molecule has 0 saturated carbocycles. The molecule has 0 spiro atoms. The summed E-state index contributed by atoms with van der Waals surface area (Å²) in [5, 5.41) is 3.03. The van der Waals surface area contributed by atoms with Crippen LogP contribution in [0.15, 0.2) is 24.4 Å². The third-order valence-corrected chi connectivity index (χ3v) is 2.84. The maximum atomic E-state index is 12.9. The van der Waals surface area contributed by atoms with Gasteiger partial charge in [-0.3, -0.25) is 4.98 Å². The van der Waals surface area contributed by atoms with E-state index in [1.165, 1.54) is 0 Å². The summed E-state index contributed by atoms with van der Waals surface area (Å²) in [4.78, 5) is 15.0. The first kappa shape index (κ1) is 12.9. The van der Waals surface area contributed by atoms with Crippen LogP contribution in [0, 0.1) is 0 Å². The van der Waals surface area contributed by atoms with E-state index >= 15 is 0 Å². The first-order valence-corrected chi connectivity index (χ1v) is 5.72. The predicted octanol–water partition coefficient (Wildman–Crippen LogP) is 1.68. The number of ether oxygens (including phenoxy) is 1. The number of halogens is 2. The molecule has 18 heavy (non-hydrogen) atoms. The second-order valence-electron chi connectivity index (χ2n) is 4.32. The predicted molar refractivity (Wildman–Crippen MR) is 60.1 cm³/mol. The number of alkyl halides is 2. The van der Waals surface area contributed by atoms with Crippen molar-refractivity contribution in [1.82, 2.24) is 10.3 Å². The summed E-state index contributed by atoms with van der Waals surface area (Å²) in [5.74, 6) is -4.78. The molecule has 2 atom stereocenters. The van der Waals surface area contributed by atoms with Crippen LogP contribution in [0.4, 0.5) is 8.78 Å². The molecule has 1 aliphatic heterocycles. The van der Waals surface area contributed by atoms with Gasteiger partial charge in [0, 0.05) is 18.8 Å². The molecule has 1 aliphatic rings. The Hall–Kier alpha value is -1.56. The molecule has 4 nitrogen and oxygen atoms in total. The Bertz CT molecular complexity index is 425. The van der Waals surface area contributed by atoms with Crippen molar-refractivity contribution in [2.45, 2.75) is 31.4 Å². The number of hydrogen-bond donors (Lipinski definition) is 1. The average Bonchev–Trinajstić information content (AvgIpc) is 2.61. The van der Waals surface area contributed by atoms with Gasteiger partial charge in [0.1, 0.15) is 6.10 Å². The highest BCUT2D eigenvalue weighted by atomic mass is 19.3. The van der Waals surface area contributed by atoms with E-state index in [2.05, 4.69) is 15.0 Å². The fraction of sp³-hybridized carbons (Fsp3) is 0.500. The summed E-state index contributed by atoms with van der Waals surface area (Å²) in [7, 11) is 0. The third kappa shape index (κ3) is 2.81. The normalized spacial score (nSPS) is 23.7. The smallest absolute Gasteiger partial charge is 0.377 e.